The lowest BCUT2D eigenvalue weighted by Gasteiger charge is -2.26. The second-order valence-corrected chi connectivity index (χ2v) is 7.10. The molecule has 3 aromatic rings. The molecule has 0 fully saturated rings. The molecule has 142 valence electrons. The van der Waals surface area contributed by atoms with Gasteiger partial charge in [-0.3, -0.25) is 4.79 Å². The standard InChI is InChI=1S/C16H14F3N5O2S/c17-16(18,19)9-3-4-13-21-22-14(24(13)8-9)7-20-15(25)10-6-11(26-23-10)12-2-1-5-27-12/h1-2,5-6,9H,3-4,7-8H2,(H,20,25)/t9-/m0/s1. The Labute approximate surface area is 155 Å². The molecule has 1 N–H and O–H groups in total. The summed E-state index contributed by atoms with van der Waals surface area (Å²) in [6.45, 7) is -0.277. The van der Waals surface area contributed by atoms with E-state index in [1.54, 1.807) is 0 Å². The van der Waals surface area contributed by atoms with Gasteiger partial charge in [-0.1, -0.05) is 11.2 Å². The number of rotatable bonds is 4. The number of nitrogens with zero attached hydrogens (tertiary/aromatic N) is 4. The highest BCUT2D eigenvalue weighted by molar-refractivity contribution is 7.13. The molecule has 4 heterocycles. The lowest BCUT2D eigenvalue weighted by molar-refractivity contribution is -0.182. The molecule has 0 unspecified atom stereocenters. The highest BCUT2D eigenvalue weighted by Gasteiger charge is 2.42. The molecule has 0 aromatic carbocycles. The van der Waals surface area contributed by atoms with E-state index in [-0.39, 0.29) is 37.4 Å². The van der Waals surface area contributed by atoms with Crippen LogP contribution in [0.5, 0.6) is 0 Å². The third kappa shape index (κ3) is 3.59. The Morgan fingerprint density at radius 2 is 2.26 bits per heavy atom. The van der Waals surface area contributed by atoms with Gasteiger partial charge in [0.1, 0.15) is 5.82 Å². The average Bonchev–Trinajstić information content (AvgIpc) is 3.38. The summed E-state index contributed by atoms with van der Waals surface area (Å²) in [5, 5.41) is 16.0. The van der Waals surface area contributed by atoms with E-state index in [1.807, 2.05) is 17.5 Å². The highest BCUT2D eigenvalue weighted by atomic mass is 32.1. The number of hydrogen-bond acceptors (Lipinski definition) is 6. The molecule has 1 atom stereocenters. The zero-order valence-corrected chi connectivity index (χ0v) is 14.7. The van der Waals surface area contributed by atoms with Crippen LogP contribution in [0.15, 0.2) is 28.1 Å². The molecule has 1 amide bonds. The van der Waals surface area contributed by atoms with E-state index < -0.39 is 18.0 Å². The third-order valence-electron chi connectivity index (χ3n) is 4.40. The van der Waals surface area contributed by atoms with Gasteiger partial charge >= 0.3 is 6.18 Å². The minimum absolute atomic E-state index is 0.00156. The maximum absolute atomic E-state index is 13.0. The smallest absolute Gasteiger partial charge is 0.355 e. The van der Waals surface area contributed by atoms with Gasteiger partial charge in [0, 0.05) is 19.0 Å². The Hall–Kier alpha value is -2.69. The van der Waals surface area contributed by atoms with E-state index in [0.29, 0.717) is 11.6 Å². The molecule has 0 bridgehead atoms. The van der Waals surface area contributed by atoms with Gasteiger partial charge in [-0.15, -0.1) is 21.5 Å². The van der Waals surface area contributed by atoms with Gasteiger partial charge in [0.2, 0.25) is 0 Å². The normalized spacial score (nSPS) is 16.9. The summed E-state index contributed by atoms with van der Waals surface area (Å²) in [6, 6.07) is 5.21. The third-order valence-corrected chi connectivity index (χ3v) is 5.28. The van der Waals surface area contributed by atoms with Crippen molar-refractivity contribution in [1.82, 2.24) is 25.2 Å². The Morgan fingerprint density at radius 3 is 3.00 bits per heavy atom. The zero-order chi connectivity index (χ0) is 19.0. The van der Waals surface area contributed by atoms with Crippen molar-refractivity contribution in [1.29, 1.82) is 0 Å². The first-order chi connectivity index (χ1) is 12.9. The number of carbonyl (C=O) groups excluding carboxylic acids is 1. The molecular formula is C16H14F3N5O2S. The summed E-state index contributed by atoms with van der Waals surface area (Å²) >= 11 is 1.45. The van der Waals surface area contributed by atoms with Gasteiger partial charge in [-0.25, -0.2) is 0 Å². The molecule has 0 radical (unpaired) electrons. The molecule has 1 aliphatic heterocycles. The van der Waals surface area contributed by atoms with Crippen LogP contribution in [0.4, 0.5) is 13.2 Å². The largest absolute Gasteiger partial charge is 0.393 e. The second-order valence-electron chi connectivity index (χ2n) is 6.16. The van der Waals surface area contributed by atoms with Gasteiger partial charge in [-0.05, 0) is 17.9 Å². The van der Waals surface area contributed by atoms with Crippen molar-refractivity contribution in [3.8, 4) is 10.6 Å². The van der Waals surface area contributed by atoms with Crippen LogP contribution in [0, 0.1) is 5.92 Å². The van der Waals surface area contributed by atoms with Crippen LogP contribution in [-0.4, -0.2) is 32.0 Å². The van der Waals surface area contributed by atoms with Crippen LogP contribution in [0.2, 0.25) is 0 Å². The number of hydrogen-bond donors (Lipinski definition) is 1. The fourth-order valence-electron chi connectivity index (χ4n) is 2.95. The number of aryl methyl sites for hydroxylation is 1. The Morgan fingerprint density at radius 1 is 1.41 bits per heavy atom. The number of aromatic nitrogens is 4. The van der Waals surface area contributed by atoms with Crippen molar-refractivity contribution in [3.05, 3.63) is 40.9 Å². The fraction of sp³-hybridized carbons (Fsp3) is 0.375. The van der Waals surface area contributed by atoms with Crippen molar-refractivity contribution in [2.24, 2.45) is 5.92 Å². The maximum Gasteiger partial charge on any atom is 0.393 e. The molecule has 0 aliphatic carbocycles. The van der Waals surface area contributed by atoms with Crippen molar-refractivity contribution < 1.29 is 22.5 Å². The average molecular weight is 397 g/mol. The number of carbonyl (C=O) groups is 1. The van der Waals surface area contributed by atoms with E-state index in [4.69, 9.17) is 4.52 Å². The van der Waals surface area contributed by atoms with E-state index in [1.165, 1.54) is 22.0 Å². The Bertz CT molecular complexity index is 948. The summed E-state index contributed by atoms with van der Waals surface area (Å²) in [6.07, 6.45) is -4.06. The zero-order valence-electron chi connectivity index (χ0n) is 13.9. The summed E-state index contributed by atoms with van der Waals surface area (Å²) in [5.41, 5.74) is 0.0879. The molecule has 0 saturated heterocycles. The second kappa shape index (κ2) is 6.80. The summed E-state index contributed by atoms with van der Waals surface area (Å²) in [4.78, 5) is 13.1. The first-order valence-corrected chi connectivity index (χ1v) is 9.06. The van der Waals surface area contributed by atoms with Crippen molar-refractivity contribution in [3.63, 3.8) is 0 Å². The van der Waals surface area contributed by atoms with Gasteiger partial charge in [0.05, 0.1) is 17.3 Å². The SMILES string of the molecule is O=C(NCc1nnc2n1C[C@@H](C(F)(F)F)CC2)c1cc(-c2cccs2)on1. The number of fused-ring (bicyclic) bond motifs is 1. The van der Waals surface area contributed by atoms with Crippen LogP contribution >= 0.6 is 11.3 Å². The molecule has 0 saturated carbocycles. The molecule has 27 heavy (non-hydrogen) atoms. The molecule has 0 spiro atoms. The summed E-state index contributed by atoms with van der Waals surface area (Å²) in [7, 11) is 0. The first kappa shape index (κ1) is 17.7. The van der Waals surface area contributed by atoms with Crippen molar-refractivity contribution in [2.45, 2.75) is 32.1 Å². The van der Waals surface area contributed by atoms with Crippen LogP contribution in [-0.2, 0) is 19.5 Å². The fourth-order valence-corrected chi connectivity index (χ4v) is 3.62. The van der Waals surface area contributed by atoms with Gasteiger partial charge in [0.15, 0.2) is 17.3 Å². The van der Waals surface area contributed by atoms with Crippen LogP contribution in [0.1, 0.15) is 28.6 Å². The quantitative estimate of drug-likeness (QED) is 0.731. The number of alkyl halides is 3. The Kier molecular flexibility index (Phi) is 4.46. The molecular weight excluding hydrogens is 383 g/mol. The topological polar surface area (TPSA) is 85.8 Å². The van der Waals surface area contributed by atoms with Crippen LogP contribution in [0.3, 0.4) is 0 Å². The number of halogens is 3. The van der Waals surface area contributed by atoms with Gasteiger partial charge < -0.3 is 14.4 Å². The van der Waals surface area contributed by atoms with Crippen molar-refractivity contribution >= 4 is 17.2 Å². The summed E-state index contributed by atoms with van der Waals surface area (Å²) in [5.74, 6) is -0.667. The first-order valence-electron chi connectivity index (χ1n) is 8.18. The lowest BCUT2D eigenvalue weighted by atomic mass is 9.99. The van der Waals surface area contributed by atoms with Crippen molar-refractivity contribution in [2.75, 3.05) is 0 Å². The minimum Gasteiger partial charge on any atom is -0.355 e. The van der Waals surface area contributed by atoms with E-state index in [0.717, 1.165) is 4.88 Å². The minimum atomic E-state index is -4.26. The predicted octanol–water partition coefficient (Wildman–Crippen LogP) is 3.05. The number of thiophene rings is 1. The Balaban J connectivity index is 1.43. The molecule has 1 aliphatic rings. The number of nitrogens with one attached hydrogen (secondary N) is 1. The number of amides is 1. The van der Waals surface area contributed by atoms with E-state index >= 15 is 0 Å². The molecule has 7 nitrogen and oxygen atoms in total. The summed E-state index contributed by atoms with van der Waals surface area (Å²) < 4.78 is 45.5. The van der Waals surface area contributed by atoms with Gasteiger partial charge in [-0.2, -0.15) is 13.2 Å². The highest BCUT2D eigenvalue weighted by Crippen LogP contribution is 2.34. The van der Waals surface area contributed by atoms with E-state index in [2.05, 4.69) is 20.7 Å². The van der Waals surface area contributed by atoms with Crippen LogP contribution < -0.4 is 5.32 Å². The maximum atomic E-state index is 13.0. The molecule has 4 rings (SSSR count). The van der Waals surface area contributed by atoms with Gasteiger partial charge in [0.25, 0.3) is 5.91 Å². The monoisotopic (exact) mass is 397 g/mol. The van der Waals surface area contributed by atoms with E-state index in [9.17, 15) is 18.0 Å². The molecule has 11 heteroatoms. The van der Waals surface area contributed by atoms with Crippen LogP contribution in [0.25, 0.3) is 10.6 Å². The predicted molar refractivity (Wildman–Crippen MR) is 88.9 cm³/mol. The molecule has 3 aromatic heterocycles. The lowest BCUT2D eigenvalue weighted by Crippen LogP contribution is -2.34.